The first-order valence-corrected chi connectivity index (χ1v) is 16.5. The second-order valence-electron chi connectivity index (χ2n) is 13.0. The normalized spacial score (nSPS) is 14.1. The summed E-state index contributed by atoms with van der Waals surface area (Å²) in [6.45, 7) is 16.7. The number of fused-ring (bicyclic) bond motifs is 3. The molecule has 1 aliphatic rings. The van der Waals surface area contributed by atoms with Gasteiger partial charge in [-0.05, 0) is 59.6 Å². The van der Waals surface area contributed by atoms with E-state index in [1.54, 1.807) is 0 Å². The largest absolute Gasteiger partial charge is 0.512 e. The Balaban J connectivity index is 0.000000218. The maximum atomic E-state index is 12.2. The average molecular weight is 783 g/mol. The van der Waals surface area contributed by atoms with Gasteiger partial charge in [-0.2, -0.15) is 0 Å². The zero-order valence-corrected chi connectivity index (χ0v) is 30.4. The number of allylic oxidation sites excluding steroid dienone is 2. The van der Waals surface area contributed by atoms with Crippen molar-refractivity contribution in [3.63, 3.8) is 0 Å². The summed E-state index contributed by atoms with van der Waals surface area (Å²) in [6.07, 6.45) is 6.70. The molecule has 2 heterocycles. The van der Waals surface area contributed by atoms with Crippen molar-refractivity contribution in [1.82, 2.24) is 4.98 Å². The SMILES string of the molecule is CC1(C)c2cc3ccccc3[c-]c2-c2nccc3sc4cccc1c4c23.CCC(C)(CC)C(=O)/C=C(\O)C(C)(CC)CC.[Ir]. The van der Waals surface area contributed by atoms with Crippen molar-refractivity contribution >= 4 is 48.1 Å². The summed E-state index contributed by atoms with van der Waals surface area (Å²) in [7, 11) is 0. The number of carbonyl (C=O) groups is 1. The predicted molar refractivity (Wildman–Crippen MR) is 184 cm³/mol. The number of benzene rings is 3. The second kappa shape index (κ2) is 12.9. The molecule has 0 spiro atoms. The standard InChI is InChI=1S/C24H16NS.C15H28O2.Ir/c1-24(2)17-8-5-9-19-21(17)22-20(26-19)10-11-25-23(22)16-12-14-6-3-4-7-15(14)13-18(16)24;1-7-14(5,8-2)12(16)11-13(17)15(6,9-3)10-4;/h3-11,13H,1-2H3;11,16H,7-10H2,1-6H3;/q-1;;/b;12-11-;. The Morgan fingerprint density at radius 3 is 2.18 bits per heavy atom. The van der Waals surface area contributed by atoms with Gasteiger partial charge in [-0.3, -0.25) is 9.78 Å². The molecule has 44 heavy (non-hydrogen) atoms. The third kappa shape index (κ3) is 5.68. The summed E-state index contributed by atoms with van der Waals surface area (Å²) in [6, 6.07) is 23.4. The number of hydrogen-bond acceptors (Lipinski definition) is 4. The fourth-order valence-corrected chi connectivity index (χ4v) is 7.28. The summed E-state index contributed by atoms with van der Waals surface area (Å²) in [5, 5.41) is 15.2. The quantitative estimate of drug-likeness (QED) is 0.102. The second-order valence-corrected chi connectivity index (χ2v) is 14.1. The zero-order valence-electron chi connectivity index (χ0n) is 27.2. The van der Waals surface area contributed by atoms with Gasteiger partial charge in [0.15, 0.2) is 5.78 Å². The van der Waals surface area contributed by atoms with Gasteiger partial charge in [-0.25, -0.2) is 0 Å². The van der Waals surface area contributed by atoms with Crippen LogP contribution in [0.5, 0.6) is 0 Å². The Morgan fingerprint density at radius 2 is 1.52 bits per heavy atom. The van der Waals surface area contributed by atoms with Crippen LogP contribution in [0.2, 0.25) is 0 Å². The summed E-state index contributed by atoms with van der Waals surface area (Å²) in [5.74, 6) is 0.286. The third-order valence-corrected chi connectivity index (χ3v) is 11.5. The Hall–Kier alpha value is -2.85. The average Bonchev–Trinajstić information content (AvgIpc) is 3.39. The van der Waals surface area contributed by atoms with Crippen LogP contribution in [-0.2, 0) is 30.3 Å². The van der Waals surface area contributed by atoms with E-state index in [9.17, 15) is 9.90 Å². The van der Waals surface area contributed by atoms with Crippen LogP contribution < -0.4 is 0 Å². The van der Waals surface area contributed by atoms with E-state index < -0.39 is 0 Å². The number of aliphatic hydroxyl groups is 1. The predicted octanol–water partition coefficient (Wildman–Crippen LogP) is 11.4. The summed E-state index contributed by atoms with van der Waals surface area (Å²) < 4.78 is 2.65. The molecule has 0 amide bonds. The first-order valence-electron chi connectivity index (χ1n) is 15.7. The van der Waals surface area contributed by atoms with Gasteiger partial charge in [-0.15, -0.1) is 34.9 Å². The summed E-state index contributed by atoms with van der Waals surface area (Å²) >= 11 is 1.86. The zero-order chi connectivity index (χ0) is 31.2. The fraction of sp³-hybridized carbons (Fsp3) is 0.385. The molecule has 6 rings (SSSR count). The maximum Gasteiger partial charge on any atom is 0.164 e. The minimum atomic E-state index is -0.337. The van der Waals surface area contributed by atoms with Gasteiger partial charge in [0, 0.05) is 58.3 Å². The number of ketones is 1. The van der Waals surface area contributed by atoms with Crippen molar-refractivity contribution in [3.05, 3.63) is 89.8 Å². The molecule has 0 saturated heterocycles. The van der Waals surface area contributed by atoms with Crippen LogP contribution in [-0.4, -0.2) is 15.9 Å². The molecule has 5 aromatic rings. The first kappa shape index (κ1) is 34.0. The molecular weight excluding hydrogens is 739 g/mol. The van der Waals surface area contributed by atoms with E-state index in [-0.39, 0.29) is 47.9 Å². The minimum Gasteiger partial charge on any atom is -0.512 e. The number of pyridine rings is 1. The van der Waals surface area contributed by atoms with E-state index in [4.69, 9.17) is 4.98 Å². The Bertz CT molecular complexity index is 1860. The number of thiophene rings is 1. The van der Waals surface area contributed by atoms with E-state index in [0.717, 1.165) is 42.3 Å². The monoisotopic (exact) mass is 783 g/mol. The number of aliphatic hydroxyl groups excluding tert-OH is 1. The van der Waals surface area contributed by atoms with Crippen LogP contribution >= 0.6 is 11.3 Å². The van der Waals surface area contributed by atoms with Crippen LogP contribution in [0.4, 0.5) is 0 Å². The van der Waals surface area contributed by atoms with Crippen molar-refractivity contribution in [2.24, 2.45) is 10.8 Å². The van der Waals surface area contributed by atoms with Crippen LogP contribution in [0.25, 0.3) is 42.2 Å². The number of nitrogens with zero attached hydrogens (tertiary/aromatic N) is 1. The van der Waals surface area contributed by atoms with Gasteiger partial charge < -0.3 is 5.11 Å². The topological polar surface area (TPSA) is 50.2 Å². The molecule has 0 saturated carbocycles. The van der Waals surface area contributed by atoms with Gasteiger partial charge in [0.2, 0.25) is 0 Å². The maximum absolute atomic E-state index is 12.2. The van der Waals surface area contributed by atoms with Crippen LogP contribution in [0.3, 0.4) is 0 Å². The first-order chi connectivity index (χ1) is 20.4. The smallest absolute Gasteiger partial charge is 0.164 e. The van der Waals surface area contributed by atoms with E-state index in [1.807, 2.05) is 59.1 Å². The Kier molecular flexibility index (Phi) is 9.95. The van der Waals surface area contributed by atoms with Gasteiger partial charge >= 0.3 is 0 Å². The molecule has 0 bridgehead atoms. The van der Waals surface area contributed by atoms with Crippen molar-refractivity contribution in [3.8, 4) is 11.3 Å². The van der Waals surface area contributed by atoms with Crippen molar-refractivity contribution in [2.45, 2.75) is 86.5 Å². The van der Waals surface area contributed by atoms with E-state index in [2.05, 4.69) is 74.5 Å². The molecule has 3 aromatic carbocycles. The van der Waals surface area contributed by atoms with Gasteiger partial charge in [0.1, 0.15) is 5.76 Å². The molecule has 3 nitrogen and oxygen atoms in total. The summed E-state index contributed by atoms with van der Waals surface area (Å²) in [4.78, 5) is 17.0. The van der Waals surface area contributed by atoms with E-state index >= 15 is 0 Å². The Morgan fingerprint density at radius 1 is 0.886 bits per heavy atom. The molecule has 5 heteroatoms. The van der Waals surface area contributed by atoms with Crippen LogP contribution in [0, 0.1) is 16.9 Å². The van der Waals surface area contributed by atoms with Crippen LogP contribution in [0.1, 0.15) is 92.2 Å². The van der Waals surface area contributed by atoms with E-state index in [1.165, 1.54) is 42.8 Å². The molecular formula is C39H44IrNO2S-. The third-order valence-electron chi connectivity index (χ3n) is 10.4. The van der Waals surface area contributed by atoms with Crippen molar-refractivity contribution in [2.75, 3.05) is 0 Å². The van der Waals surface area contributed by atoms with Gasteiger partial charge in [0.05, 0.1) is 0 Å². The molecule has 1 aliphatic carbocycles. The molecule has 0 unspecified atom stereocenters. The molecule has 1 N–H and O–H groups in total. The van der Waals surface area contributed by atoms with Crippen molar-refractivity contribution in [1.29, 1.82) is 0 Å². The minimum absolute atomic E-state index is 0. The molecule has 0 aliphatic heterocycles. The number of hydrogen-bond donors (Lipinski definition) is 1. The molecule has 0 fully saturated rings. The summed E-state index contributed by atoms with van der Waals surface area (Å²) in [5.41, 5.74) is 4.21. The van der Waals surface area contributed by atoms with Crippen LogP contribution in [0.15, 0.2) is 72.6 Å². The fourth-order valence-electron chi connectivity index (χ4n) is 6.15. The molecule has 0 atom stereocenters. The van der Waals surface area contributed by atoms with Crippen molar-refractivity contribution < 1.29 is 30.0 Å². The van der Waals surface area contributed by atoms with E-state index in [0.29, 0.717) is 0 Å². The number of aromatic nitrogens is 1. The number of rotatable bonds is 7. The molecule has 1 radical (unpaired) electrons. The van der Waals surface area contributed by atoms with Gasteiger partial charge in [0.25, 0.3) is 0 Å². The molecule has 2 aromatic heterocycles. The van der Waals surface area contributed by atoms with Gasteiger partial charge in [-0.1, -0.05) is 102 Å². The number of carbonyl (C=O) groups excluding carboxylic acids is 1. The Labute approximate surface area is 280 Å². The molecule has 233 valence electrons.